The highest BCUT2D eigenvalue weighted by Gasteiger charge is 2.38. The van der Waals surface area contributed by atoms with Crippen molar-refractivity contribution in [1.29, 1.82) is 0 Å². The lowest BCUT2D eigenvalue weighted by Crippen LogP contribution is -2.33. The van der Waals surface area contributed by atoms with Crippen LogP contribution in [0.2, 0.25) is 0 Å². The van der Waals surface area contributed by atoms with Crippen molar-refractivity contribution >= 4 is 5.91 Å². The van der Waals surface area contributed by atoms with Crippen LogP contribution < -0.4 is 0 Å². The number of β-amino-alcohol motifs (C(OH)–C–C–N with tert-alkyl or cyclic N) is 2. The number of carbonyl (C=O) groups is 1. The first kappa shape index (κ1) is 11.3. The molecule has 14 heavy (non-hydrogen) atoms. The van der Waals surface area contributed by atoms with E-state index >= 15 is 0 Å². The van der Waals surface area contributed by atoms with E-state index in [1.54, 1.807) is 0 Å². The van der Waals surface area contributed by atoms with E-state index in [1.807, 2.05) is 0 Å². The molecule has 0 aromatic carbocycles. The van der Waals surface area contributed by atoms with E-state index in [-0.39, 0.29) is 13.1 Å². The fraction of sp³-hybridized carbons (Fsp3) is 0.857. The van der Waals surface area contributed by atoms with Crippen LogP contribution in [0.15, 0.2) is 0 Å². The topological polar surface area (TPSA) is 60.8 Å². The lowest BCUT2D eigenvalue weighted by Gasteiger charge is -2.16. The number of carbonyl (C=O) groups excluding carboxylic acids is 1. The molecule has 0 saturated carbocycles. The number of hydrogen-bond acceptors (Lipinski definition) is 3. The summed E-state index contributed by atoms with van der Waals surface area (Å²) in [5, 5.41) is 18.0. The third-order valence-electron chi connectivity index (χ3n) is 1.96. The number of nitrogens with zero attached hydrogens (tertiary/aromatic N) is 1. The zero-order chi connectivity index (χ0) is 10.9. The van der Waals surface area contributed by atoms with E-state index in [0.29, 0.717) is 0 Å². The van der Waals surface area contributed by atoms with Gasteiger partial charge >= 0.3 is 6.18 Å². The average Bonchev–Trinajstić information content (AvgIpc) is 2.28. The number of rotatable bonds is 1. The van der Waals surface area contributed by atoms with Crippen molar-refractivity contribution in [2.24, 2.45) is 0 Å². The maximum atomic E-state index is 11.8. The summed E-state index contributed by atoms with van der Waals surface area (Å²) in [7, 11) is 0. The first-order valence-electron chi connectivity index (χ1n) is 4.00. The fourth-order valence-corrected chi connectivity index (χ4v) is 1.26. The number of alkyl halides is 3. The molecule has 1 rings (SSSR count). The van der Waals surface area contributed by atoms with Crippen molar-refractivity contribution in [2.75, 3.05) is 13.1 Å². The first-order valence-corrected chi connectivity index (χ1v) is 4.00. The Labute approximate surface area is 77.9 Å². The summed E-state index contributed by atoms with van der Waals surface area (Å²) >= 11 is 0. The number of hydrogen-bond donors (Lipinski definition) is 2. The second-order valence-electron chi connectivity index (χ2n) is 3.23. The molecule has 1 heterocycles. The highest BCUT2D eigenvalue weighted by atomic mass is 19.4. The van der Waals surface area contributed by atoms with Crippen LogP contribution in [0.1, 0.15) is 6.42 Å². The van der Waals surface area contributed by atoms with Crippen molar-refractivity contribution in [3.8, 4) is 0 Å². The SMILES string of the molecule is O=C(CC(F)(F)F)N1CC(O)C(O)C1. The van der Waals surface area contributed by atoms with Gasteiger partial charge in [-0.05, 0) is 0 Å². The molecule has 0 aromatic heterocycles. The Morgan fingerprint density at radius 2 is 1.71 bits per heavy atom. The second-order valence-corrected chi connectivity index (χ2v) is 3.23. The van der Waals surface area contributed by atoms with Gasteiger partial charge in [-0.2, -0.15) is 13.2 Å². The van der Waals surface area contributed by atoms with Gasteiger partial charge in [-0.25, -0.2) is 0 Å². The summed E-state index contributed by atoms with van der Waals surface area (Å²) in [6, 6.07) is 0. The van der Waals surface area contributed by atoms with Gasteiger partial charge in [0.25, 0.3) is 0 Å². The van der Waals surface area contributed by atoms with Gasteiger partial charge in [0.1, 0.15) is 6.42 Å². The van der Waals surface area contributed by atoms with Crippen molar-refractivity contribution in [3.63, 3.8) is 0 Å². The van der Waals surface area contributed by atoms with E-state index in [4.69, 9.17) is 10.2 Å². The molecule has 82 valence electrons. The molecule has 0 bridgehead atoms. The average molecular weight is 213 g/mol. The van der Waals surface area contributed by atoms with E-state index in [2.05, 4.69) is 0 Å². The molecule has 0 spiro atoms. The summed E-state index contributed by atoms with van der Waals surface area (Å²) in [4.78, 5) is 11.7. The Hall–Kier alpha value is -0.820. The van der Waals surface area contributed by atoms with Crippen LogP contribution in [0.25, 0.3) is 0 Å². The van der Waals surface area contributed by atoms with Gasteiger partial charge < -0.3 is 15.1 Å². The third-order valence-corrected chi connectivity index (χ3v) is 1.96. The normalized spacial score (nSPS) is 28.2. The molecule has 2 atom stereocenters. The van der Waals surface area contributed by atoms with Gasteiger partial charge in [0, 0.05) is 13.1 Å². The van der Waals surface area contributed by atoms with Crippen LogP contribution in [-0.2, 0) is 4.79 Å². The number of amides is 1. The number of halogens is 3. The van der Waals surface area contributed by atoms with E-state index < -0.39 is 30.7 Å². The van der Waals surface area contributed by atoms with Crippen LogP contribution in [-0.4, -0.2) is 52.5 Å². The largest absolute Gasteiger partial charge is 0.397 e. The minimum atomic E-state index is -4.55. The molecule has 2 unspecified atom stereocenters. The van der Waals surface area contributed by atoms with E-state index in [1.165, 1.54) is 0 Å². The van der Waals surface area contributed by atoms with E-state index in [0.717, 1.165) is 4.90 Å². The molecule has 1 fully saturated rings. The molecule has 1 aliphatic heterocycles. The molecule has 0 aliphatic carbocycles. The van der Waals surface area contributed by atoms with Crippen molar-refractivity contribution in [2.45, 2.75) is 24.8 Å². The lowest BCUT2D eigenvalue weighted by molar-refractivity contribution is -0.161. The van der Waals surface area contributed by atoms with E-state index in [9.17, 15) is 18.0 Å². The van der Waals surface area contributed by atoms with Gasteiger partial charge in [0.15, 0.2) is 0 Å². The maximum absolute atomic E-state index is 11.8. The Bertz CT molecular complexity index is 221. The minimum absolute atomic E-state index is 0.240. The van der Waals surface area contributed by atoms with Crippen LogP contribution in [0.5, 0.6) is 0 Å². The van der Waals surface area contributed by atoms with Crippen LogP contribution in [0.3, 0.4) is 0 Å². The standard InChI is InChI=1S/C7H10F3NO3/c8-7(9,10)1-6(14)11-2-4(12)5(13)3-11/h4-5,12-13H,1-3H2. The predicted octanol–water partition coefficient (Wildman–Crippen LogP) is -0.497. The molecule has 1 saturated heterocycles. The summed E-state index contributed by atoms with van der Waals surface area (Å²) in [6.07, 6.45) is -8.39. The Kier molecular flexibility index (Phi) is 3.01. The molecular formula is C7H10F3NO3. The zero-order valence-electron chi connectivity index (χ0n) is 7.16. The van der Waals surface area contributed by atoms with Gasteiger partial charge in [0.2, 0.25) is 5.91 Å². The molecular weight excluding hydrogens is 203 g/mol. The molecule has 2 N–H and O–H groups in total. The molecule has 0 radical (unpaired) electrons. The highest BCUT2D eigenvalue weighted by Crippen LogP contribution is 2.22. The van der Waals surface area contributed by atoms with Gasteiger partial charge in [-0.3, -0.25) is 4.79 Å². The highest BCUT2D eigenvalue weighted by molar-refractivity contribution is 5.77. The maximum Gasteiger partial charge on any atom is 0.397 e. The van der Waals surface area contributed by atoms with Crippen LogP contribution in [0.4, 0.5) is 13.2 Å². The lowest BCUT2D eigenvalue weighted by atomic mass is 10.3. The van der Waals surface area contributed by atoms with Gasteiger partial charge in [-0.15, -0.1) is 0 Å². The Balaban J connectivity index is 2.48. The first-order chi connectivity index (χ1) is 6.29. The zero-order valence-corrected chi connectivity index (χ0v) is 7.16. The molecule has 0 aromatic rings. The van der Waals surface area contributed by atoms with Gasteiger partial charge in [0.05, 0.1) is 12.2 Å². The molecule has 1 aliphatic rings. The second kappa shape index (κ2) is 3.74. The number of aliphatic hydroxyl groups excluding tert-OH is 2. The smallest absolute Gasteiger partial charge is 0.388 e. The third kappa shape index (κ3) is 2.85. The summed E-state index contributed by atoms with van der Waals surface area (Å²) in [5.41, 5.74) is 0. The van der Waals surface area contributed by atoms with Crippen molar-refractivity contribution in [1.82, 2.24) is 4.90 Å². The number of aliphatic hydroxyl groups is 2. The quantitative estimate of drug-likeness (QED) is 0.617. The Morgan fingerprint density at radius 1 is 1.29 bits per heavy atom. The molecule has 4 nitrogen and oxygen atoms in total. The van der Waals surface area contributed by atoms with Crippen molar-refractivity contribution in [3.05, 3.63) is 0 Å². The van der Waals surface area contributed by atoms with Crippen LogP contribution in [0, 0.1) is 0 Å². The predicted molar refractivity (Wildman–Crippen MR) is 39.3 cm³/mol. The molecule has 1 amide bonds. The minimum Gasteiger partial charge on any atom is -0.388 e. The number of likely N-dealkylation sites (tertiary alicyclic amines) is 1. The van der Waals surface area contributed by atoms with Crippen molar-refractivity contribution < 1.29 is 28.2 Å². The fourth-order valence-electron chi connectivity index (χ4n) is 1.26. The Morgan fingerprint density at radius 3 is 2.07 bits per heavy atom. The van der Waals surface area contributed by atoms with Crippen LogP contribution >= 0.6 is 0 Å². The summed E-state index contributed by atoms with van der Waals surface area (Å²) in [6.45, 7) is -0.480. The summed E-state index contributed by atoms with van der Waals surface area (Å²) < 4.78 is 35.3. The monoisotopic (exact) mass is 213 g/mol. The summed E-state index contributed by atoms with van der Waals surface area (Å²) in [5.74, 6) is -1.12. The molecule has 7 heteroatoms. The van der Waals surface area contributed by atoms with Gasteiger partial charge in [-0.1, -0.05) is 0 Å².